The van der Waals surface area contributed by atoms with Crippen molar-refractivity contribution in [3.05, 3.63) is 0 Å². The molecule has 0 aromatic rings. The van der Waals surface area contributed by atoms with Crippen LogP contribution in [0.3, 0.4) is 0 Å². The Labute approximate surface area is 98.9 Å². The quantitative estimate of drug-likeness (QED) is 0.657. The van der Waals surface area contributed by atoms with E-state index in [0.29, 0.717) is 25.4 Å². The first-order valence-electron chi connectivity index (χ1n) is 5.99. The van der Waals surface area contributed by atoms with Crippen LogP contribution in [0.15, 0.2) is 0 Å². The molecule has 96 valence electrons. The molecule has 2 atom stereocenters. The van der Waals surface area contributed by atoms with Gasteiger partial charge < -0.3 is 15.8 Å². The summed E-state index contributed by atoms with van der Waals surface area (Å²) in [6, 6.07) is 0. The number of hydrogen-bond acceptors (Lipinski definition) is 3. The molecule has 0 saturated heterocycles. The SMILES string of the molecule is COC(C)CNC(=O)CC(CN)CC(C)C. The number of methoxy groups -OCH3 is 1. The van der Waals surface area contributed by atoms with Crippen molar-refractivity contribution in [3.8, 4) is 0 Å². The summed E-state index contributed by atoms with van der Waals surface area (Å²) in [5, 5.41) is 2.85. The minimum absolute atomic E-state index is 0.0605. The van der Waals surface area contributed by atoms with Gasteiger partial charge in [-0.1, -0.05) is 13.8 Å². The van der Waals surface area contributed by atoms with Gasteiger partial charge in [0.25, 0.3) is 0 Å². The van der Waals surface area contributed by atoms with Crippen LogP contribution in [0.25, 0.3) is 0 Å². The third-order valence-corrected chi connectivity index (χ3v) is 2.60. The lowest BCUT2D eigenvalue weighted by Crippen LogP contribution is -2.34. The Balaban J connectivity index is 3.82. The van der Waals surface area contributed by atoms with Gasteiger partial charge in [0.15, 0.2) is 0 Å². The molecule has 0 heterocycles. The van der Waals surface area contributed by atoms with Crippen molar-refractivity contribution in [1.82, 2.24) is 5.32 Å². The van der Waals surface area contributed by atoms with E-state index in [9.17, 15) is 4.79 Å². The smallest absolute Gasteiger partial charge is 0.220 e. The fourth-order valence-electron chi connectivity index (χ4n) is 1.60. The molecule has 0 aliphatic rings. The van der Waals surface area contributed by atoms with Crippen molar-refractivity contribution in [2.75, 3.05) is 20.2 Å². The lowest BCUT2D eigenvalue weighted by molar-refractivity contribution is -0.122. The molecule has 4 heteroatoms. The molecule has 2 unspecified atom stereocenters. The number of hydrogen-bond donors (Lipinski definition) is 2. The summed E-state index contributed by atoms with van der Waals surface area (Å²) in [6.45, 7) is 7.36. The summed E-state index contributed by atoms with van der Waals surface area (Å²) in [5.41, 5.74) is 5.65. The van der Waals surface area contributed by atoms with Crippen LogP contribution in [-0.4, -0.2) is 32.2 Å². The van der Waals surface area contributed by atoms with Crippen LogP contribution < -0.4 is 11.1 Å². The van der Waals surface area contributed by atoms with Gasteiger partial charge in [-0.15, -0.1) is 0 Å². The Hall–Kier alpha value is -0.610. The molecular formula is C12H26N2O2. The van der Waals surface area contributed by atoms with E-state index in [1.165, 1.54) is 0 Å². The summed E-state index contributed by atoms with van der Waals surface area (Å²) >= 11 is 0. The van der Waals surface area contributed by atoms with E-state index in [4.69, 9.17) is 10.5 Å². The highest BCUT2D eigenvalue weighted by Crippen LogP contribution is 2.13. The molecule has 0 aromatic carbocycles. The van der Waals surface area contributed by atoms with E-state index in [2.05, 4.69) is 19.2 Å². The van der Waals surface area contributed by atoms with Gasteiger partial charge in [-0.2, -0.15) is 0 Å². The Bertz CT molecular complexity index is 195. The van der Waals surface area contributed by atoms with Crippen molar-refractivity contribution in [1.29, 1.82) is 0 Å². The second-order valence-corrected chi connectivity index (χ2v) is 4.79. The fourth-order valence-corrected chi connectivity index (χ4v) is 1.60. The lowest BCUT2D eigenvalue weighted by atomic mass is 9.94. The van der Waals surface area contributed by atoms with Crippen molar-refractivity contribution in [3.63, 3.8) is 0 Å². The minimum atomic E-state index is 0.0605. The first-order chi connectivity index (χ1) is 7.49. The fraction of sp³-hybridized carbons (Fsp3) is 0.917. The van der Waals surface area contributed by atoms with E-state index >= 15 is 0 Å². The molecule has 0 spiro atoms. The Kier molecular flexibility index (Phi) is 8.21. The van der Waals surface area contributed by atoms with E-state index in [1.54, 1.807) is 7.11 Å². The van der Waals surface area contributed by atoms with Crippen LogP contribution in [0.4, 0.5) is 0 Å². The zero-order valence-electron chi connectivity index (χ0n) is 11.0. The number of carbonyl (C=O) groups excluding carboxylic acids is 1. The van der Waals surface area contributed by atoms with Gasteiger partial charge in [-0.3, -0.25) is 4.79 Å². The van der Waals surface area contributed by atoms with Crippen LogP contribution in [0.1, 0.15) is 33.6 Å². The number of amides is 1. The van der Waals surface area contributed by atoms with Gasteiger partial charge in [0, 0.05) is 20.1 Å². The number of carbonyl (C=O) groups is 1. The summed E-state index contributed by atoms with van der Waals surface area (Å²) < 4.78 is 5.06. The molecular weight excluding hydrogens is 204 g/mol. The molecule has 0 fully saturated rings. The Morgan fingerprint density at radius 2 is 2.00 bits per heavy atom. The Morgan fingerprint density at radius 3 is 2.44 bits per heavy atom. The number of nitrogens with one attached hydrogen (secondary N) is 1. The molecule has 0 aliphatic heterocycles. The molecule has 16 heavy (non-hydrogen) atoms. The minimum Gasteiger partial charge on any atom is -0.380 e. The summed E-state index contributed by atoms with van der Waals surface area (Å²) in [7, 11) is 1.64. The van der Waals surface area contributed by atoms with Crippen LogP contribution in [0.2, 0.25) is 0 Å². The number of rotatable bonds is 8. The van der Waals surface area contributed by atoms with Crippen LogP contribution >= 0.6 is 0 Å². The van der Waals surface area contributed by atoms with Gasteiger partial charge in [0.2, 0.25) is 5.91 Å². The van der Waals surface area contributed by atoms with Gasteiger partial charge >= 0.3 is 0 Å². The zero-order valence-corrected chi connectivity index (χ0v) is 11.0. The van der Waals surface area contributed by atoms with Crippen molar-refractivity contribution in [2.24, 2.45) is 17.6 Å². The summed E-state index contributed by atoms with van der Waals surface area (Å²) in [4.78, 5) is 11.6. The molecule has 0 aliphatic carbocycles. The predicted molar refractivity (Wildman–Crippen MR) is 66.1 cm³/mol. The molecule has 0 aromatic heterocycles. The molecule has 0 bridgehead atoms. The van der Waals surface area contributed by atoms with E-state index < -0.39 is 0 Å². The van der Waals surface area contributed by atoms with Crippen LogP contribution in [0, 0.1) is 11.8 Å². The first-order valence-corrected chi connectivity index (χ1v) is 5.99. The van der Waals surface area contributed by atoms with Gasteiger partial charge in [0.1, 0.15) is 0 Å². The van der Waals surface area contributed by atoms with Gasteiger partial charge in [-0.05, 0) is 31.7 Å². The summed E-state index contributed by atoms with van der Waals surface area (Å²) in [5.74, 6) is 0.942. The van der Waals surface area contributed by atoms with Crippen LogP contribution in [-0.2, 0) is 9.53 Å². The number of ether oxygens (including phenoxy) is 1. The highest BCUT2D eigenvalue weighted by Gasteiger charge is 2.14. The van der Waals surface area contributed by atoms with E-state index in [0.717, 1.165) is 6.42 Å². The maximum absolute atomic E-state index is 11.6. The number of nitrogens with two attached hydrogens (primary N) is 1. The second kappa shape index (κ2) is 8.53. The highest BCUT2D eigenvalue weighted by atomic mass is 16.5. The molecule has 0 rings (SSSR count). The monoisotopic (exact) mass is 230 g/mol. The van der Waals surface area contributed by atoms with Crippen LogP contribution in [0.5, 0.6) is 0 Å². The zero-order chi connectivity index (χ0) is 12.6. The molecule has 4 nitrogen and oxygen atoms in total. The maximum atomic E-state index is 11.6. The van der Waals surface area contributed by atoms with E-state index in [1.807, 2.05) is 6.92 Å². The largest absolute Gasteiger partial charge is 0.380 e. The summed E-state index contributed by atoms with van der Waals surface area (Å²) in [6.07, 6.45) is 1.58. The maximum Gasteiger partial charge on any atom is 0.220 e. The van der Waals surface area contributed by atoms with Gasteiger partial charge in [-0.25, -0.2) is 0 Å². The van der Waals surface area contributed by atoms with Crippen molar-refractivity contribution in [2.45, 2.75) is 39.7 Å². The van der Waals surface area contributed by atoms with Crippen molar-refractivity contribution < 1.29 is 9.53 Å². The standard InChI is InChI=1S/C12H26N2O2/c1-9(2)5-11(7-13)6-12(15)14-8-10(3)16-4/h9-11H,5-8,13H2,1-4H3,(H,14,15). The molecule has 1 amide bonds. The first kappa shape index (κ1) is 15.4. The lowest BCUT2D eigenvalue weighted by Gasteiger charge is -2.17. The average Bonchev–Trinajstić information content (AvgIpc) is 2.24. The molecule has 0 saturated carbocycles. The second-order valence-electron chi connectivity index (χ2n) is 4.79. The topological polar surface area (TPSA) is 64.3 Å². The van der Waals surface area contributed by atoms with Gasteiger partial charge in [0.05, 0.1) is 6.10 Å². The van der Waals surface area contributed by atoms with E-state index in [-0.39, 0.29) is 17.9 Å². The predicted octanol–water partition coefficient (Wildman–Crippen LogP) is 1.15. The Morgan fingerprint density at radius 1 is 1.38 bits per heavy atom. The highest BCUT2D eigenvalue weighted by molar-refractivity contribution is 5.76. The molecule has 3 N–H and O–H groups in total. The normalized spacial score (nSPS) is 14.9. The third-order valence-electron chi connectivity index (χ3n) is 2.60. The average molecular weight is 230 g/mol. The van der Waals surface area contributed by atoms with Crippen molar-refractivity contribution >= 4 is 5.91 Å². The third kappa shape index (κ3) is 7.65. The molecule has 0 radical (unpaired) electrons.